The van der Waals surface area contributed by atoms with Crippen LogP contribution in [0.5, 0.6) is 0 Å². The minimum atomic E-state index is -3.56. The quantitative estimate of drug-likeness (QED) is 0.831. The number of carbonyl (C=O) groups is 1. The highest BCUT2D eigenvalue weighted by atomic mass is 32.2. The number of hydrogen-bond acceptors (Lipinski definition) is 3. The standard InChI is InChI=1S/C19H24N2O3S/c1-13(2)21-25(23,24)17-11-9-16(10-12-17)19(22)20-15(4)18-8-6-5-7-14(18)3/h5-13,15,21H,1-4H3,(H,20,22). The fraction of sp³-hybridized carbons (Fsp3) is 0.316. The van der Waals surface area contributed by atoms with E-state index in [2.05, 4.69) is 10.0 Å². The molecule has 2 N–H and O–H groups in total. The molecule has 0 radical (unpaired) electrons. The van der Waals surface area contributed by atoms with E-state index in [4.69, 9.17) is 0 Å². The van der Waals surface area contributed by atoms with Gasteiger partial charge < -0.3 is 5.32 Å². The smallest absolute Gasteiger partial charge is 0.251 e. The highest BCUT2D eigenvalue weighted by molar-refractivity contribution is 7.89. The summed E-state index contributed by atoms with van der Waals surface area (Å²) in [5.41, 5.74) is 2.58. The summed E-state index contributed by atoms with van der Waals surface area (Å²) in [5.74, 6) is -0.239. The average molecular weight is 360 g/mol. The predicted octanol–water partition coefficient (Wildman–Crippen LogP) is 3.17. The molecule has 6 heteroatoms. The van der Waals surface area contributed by atoms with Crippen molar-refractivity contribution in [2.75, 3.05) is 0 Å². The SMILES string of the molecule is Cc1ccccc1C(C)NC(=O)c1ccc(S(=O)(=O)NC(C)C)cc1. The molecule has 0 bridgehead atoms. The van der Waals surface area contributed by atoms with E-state index in [1.807, 2.05) is 38.1 Å². The zero-order valence-electron chi connectivity index (χ0n) is 14.9. The van der Waals surface area contributed by atoms with Crippen LogP contribution in [0.2, 0.25) is 0 Å². The molecule has 2 aromatic carbocycles. The maximum Gasteiger partial charge on any atom is 0.251 e. The molecule has 1 amide bonds. The van der Waals surface area contributed by atoms with Gasteiger partial charge in [-0.25, -0.2) is 13.1 Å². The zero-order valence-corrected chi connectivity index (χ0v) is 15.7. The highest BCUT2D eigenvalue weighted by Gasteiger charge is 2.17. The van der Waals surface area contributed by atoms with E-state index in [0.717, 1.165) is 11.1 Å². The Bertz CT molecular complexity index is 843. The van der Waals surface area contributed by atoms with Crippen molar-refractivity contribution in [2.24, 2.45) is 0 Å². The van der Waals surface area contributed by atoms with Crippen LogP contribution in [-0.2, 0) is 10.0 Å². The van der Waals surface area contributed by atoms with Crippen LogP contribution in [0, 0.1) is 6.92 Å². The number of benzene rings is 2. The average Bonchev–Trinajstić information content (AvgIpc) is 2.54. The molecule has 0 aliphatic carbocycles. The molecule has 5 nitrogen and oxygen atoms in total. The van der Waals surface area contributed by atoms with Gasteiger partial charge in [-0.2, -0.15) is 0 Å². The Morgan fingerprint density at radius 2 is 1.56 bits per heavy atom. The lowest BCUT2D eigenvalue weighted by Gasteiger charge is -2.17. The monoisotopic (exact) mass is 360 g/mol. The Balaban J connectivity index is 2.12. The Kier molecular flexibility index (Phi) is 5.98. The number of carbonyl (C=O) groups excluding carboxylic acids is 1. The van der Waals surface area contributed by atoms with Gasteiger partial charge in [0.15, 0.2) is 0 Å². The summed E-state index contributed by atoms with van der Waals surface area (Å²) in [6.45, 7) is 7.43. The Morgan fingerprint density at radius 1 is 0.960 bits per heavy atom. The van der Waals surface area contributed by atoms with Crippen molar-refractivity contribution < 1.29 is 13.2 Å². The first-order valence-corrected chi connectivity index (χ1v) is 9.68. The van der Waals surface area contributed by atoms with Crippen molar-refractivity contribution in [3.05, 3.63) is 65.2 Å². The maximum absolute atomic E-state index is 12.4. The summed E-state index contributed by atoms with van der Waals surface area (Å²) in [7, 11) is -3.56. The molecule has 2 rings (SSSR count). The summed E-state index contributed by atoms with van der Waals surface area (Å²) < 4.78 is 26.7. The van der Waals surface area contributed by atoms with Gasteiger partial charge >= 0.3 is 0 Å². The molecule has 2 aromatic rings. The van der Waals surface area contributed by atoms with Crippen LogP contribution in [0.1, 0.15) is 48.3 Å². The first-order chi connectivity index (χ1) is 11.7. The van der Waals surface area contributed by atoms with Crippen LogP contribution in [0.15, 0.2) is 53.4 Å². The summed E-state index contributed by atoms with van der Waals surface area (Å²) in [5, 5.41) is 2.94. The largest absolute Gasteiger partial charge is 0.346 e. The predicted molar refractivity (Wildman–Crippen MR) is 99.0 cm³/mol. The van der Waals surface area contributed by atoms with Gasteiger partial charge in [0.1, 0.15) is 0 Å². The van der Waals surface area contributed by atoms with Crippen molar-refractivity contribution >= 4 is 15.9 Å². The van der Waals surface area contributed by atoms with Crippen molar-refractivity contribution in [3.8, 4) is 0 Å². The maximum atomic E-state index is 12.4. The van der Waals surface area contributed by atoms with E-state index in [9.17, 15) is 13.2 Å². The van der Waals surface area contributed by atoms with Gasteiger partial charge in [-0.1, -0.05) is 24.3 Å². The van der Waals surface area contributed by atoms with Gasteiger partial charge in [-0.15, -0.1) is 0 Å². The van der Waals surface area contributed by atoms with E-state index in [1.165, 1.54) is 24.3 Å². The second-order valence-corrected chi connectivity index (χ2v) is 8.07. The third-order valence-electron chi connectivity index (χ3n) is 3.82. The minimum absolute atomic E-state index is 0.139. The Hall–Kier alpha value is -2.18. The first-order valence-electron chi connectivity index (χ1n) is 8.19. The molecule has 0 aromatic heterocycles. The van der Waals surface area contributed by atoms with Crippen LogP contribution in [0.25, 0.3) is 0 Å². The number of aryl methyl sites for hydroxylation is 1. The molecular formula is C19H24N2O3S. The van der Waals surface area contributed by atoms with Gasteiger partial charge in [0.2, 0.25) is 10.0 Å². The molecule has 0 saturated carbocycles. The molecule has 0 aliphatic heterocycles. The number of rotatable bonds is 6. The summed E-state index contributed by atoms with van der Waals surface area (Å²) >= 11 is 0. The van der Waals surface area contributed by atoms with Crippen molar-refractivity contribution in [3.63, 3.8) is 0 Å². The second kappa shape index (κ2) is 7.80. The lowest BCUT2D eigenvalue weighted by Crippen LogP contribution is -2.30. The van der Waals surface area contributed by atoms with Gasteiger partial charge in [0, 0.05) is 11.6 Å². The number of amides is 1. The molecular weight excluding hydrogens is 336 g/mol. The fourth-order valence-corrected chi connectivity index (χ4v) is 3.85. The lowest BCUT2D eigenvalue weighted by molar-refractivity contribution is 0.0939. The van der Waals surface area contributed by atoms with Gasteiger partial charge in [0.05, 0.1) is 10.9 Å². The van der Waals surface area contributed by atoms with E-state index >= 15 is 0 Å². The fourth-order valence-electron chi connectivity index (χ4n) is 2.59. The third kappa shape index (κ3) is 4.90. The highest BCUT2D eigenvalue weighted by Crippen LogP contribution is 2.18. The molecule has 0 heterocycles. The normalized spacial score (nSPS) is 12.8. The summed E-state index contributed by atoms with van der Waals surface area (Å²) in [4.78, 5) is 12.5. The molecule has 1 atom stereocenters. The molecule has 1 unspecified atom stereocenters. The van der Waals surface area contributed by atoms with E-state index < -0.39 is 10.0 Å². The molecule has 0 fully saturated rings. The van der Waals surface area contributed by atoms with Gasteiger partial charge in [-0.05, 0) is 63.1 Å². The van der Waals surface area contributed by atoms with Crippen LogP contribution in [-0.4, -0.2) is 20.4 Å². The van der Waals surface area contributed by atoms with Crippen LogP contribution in [0.3, 0.4) is 0 Å². The third-order valence-corrected chi connectivity index (χ3v) is 5.49. The van der Waals surface area contributed by atoms with Crippen LogP contribution >= 0.6 is 0 Å². The molecule has 0 spiro atoms. The number of sulfonamides is 1. The van der Waals surface area contributed by atoms with Crippen molar-refractivity contribution in [1.29, 1.82) is 0 Å². The lowest BCUT2D eigenvalue weighted by atomic mass is 10.0. The molecule has 134 valence electrons. The topological polar surface area (TPSA) is 75.3 Å². The summed E-state index contributed by atoms with van der Waals surface area (Å²) in [6, 6.07) is 13.5. The van der Waals surface area contributed by atoms with E-state index in [-0.39, 0.29) is 22.9 Å². The van der Waals surface area contributed by atoms with Crippen LogP contribution < -0.4 is 10.0 Å². The van der Waals surface area contributed by atoms with Gasteiger partial charge in [0.25, 0.3) is 5.91 Å². The van der Waals surface area contributed by atoms with Crippen LogP contribution in [0.4, 0.5) is 0 Å². The van der Waals surface area contributed by atoms with E-state index in [0.29, 0.717) is 5.56 Å². The van der Waals surface area contributed by atoms with E-state index in [1.54, 1.807) is 13.8 Å². The summed E-state index contributed by atoms with van der Waals surface area (Å²) in [6.07, 6.45) is 0. The Labute approximate surface area is 149 Å². The van der Waals surface area contributed by atoms with Crippen molar-refractivity contribution in [2.45, 2.75) is 44.7 Å². The Morgan fingerprint density at radius 3 is 2.12 bits per heavy atom. The number of nitrogens with one attached hydrogen (secondary N) is 2. The van der Waals surface area contributed by atoms with Gasteiger partial charge in [-0.3, -0.25) is 4.79 Å². The second-order valence-electron chi connectivity index (χ2n) is 6.35. The first kappa shape index (κ1) is 19.1. The minimum Gasteiger partial charge on any atom is -0.346 e. The zero-order chi connectivity index (χ0) is 18.6. The molecule has 0 saturated heterocycles. The molecule has 0 aliphatic rings. The molecule has 25 heavy (non-hydrogen) atoms. The van der Waals surface area contributed by atoms with Crippen molar-refractivity contribution in [1.82, 2.24) is 10.0 Å². The number of hydrogen-bond donors (Lipinski definition) is 2.